The molecule has 0 radical (unpaired) electrons. The molecule has 8 heteroatoms. The van der Waals surface area contributed by atoms with Gasteiger partial charge >= 0.3 is 5.97 Å². The molecule has 1 aliphatic rings. The van der Waals surface area contributed by atoms with Crippen molar-refractivity contribution in [3.63, 3.8) is 0 Å². The lowest BCUT2D eigenvalue weighted by atomic mass is 10.1. The fraction of sp³-hybridized carbons (Fsp3) is 0.500. The van der Waals surface area contributed by atoms with Gasteiger partial charge in [-0.2, -0.15) is 0 Å². The Kier molecular flexibility index (Phi) is 5.71. The minimum absolute atomic E-state index is 0.0957. The van der Waals surface area contributed by atoms with Gasteiger partial charge in [0.1, 0.15) is 5.82 Å². The van der Waals surface area contributed by atoms with E-state index in [-0.39, 0.29) is 31.4 Å². The van der Waals surface area contributed by atoms with Crippen molar-refractivity contribution in [2.45, 2.75) is 26.1 Å². The molecule has 132 valence electrons. The summed E-state index contributed by atoms with van der Waals surface area (Å²) in [6, 6.07) is 2.83. The average Bonchev–Trinajstić information content (AvgIpc) is 2.53. The number of halogens is 2. The molecule has 1 amide bonds. The van der Waals surface area contributed by atoms with Gasteiger partial charge in [0, 0.05) is 12.6 Å². The van der Waals surface area contributed by atoms with Gasteiger partial charge in [0.2, 0.25) is 0 Å². The highest BCUT2D eigenvalue weighted by atomic mass is 19.1. The number of carboxylic acid groups (broad SMARTS) is 1. The van der Waals surface area contributed by atoms with Crippen LogP contribution in [0.25, 0.3) is 0 Å². The van der Waals surface area contributed by atoms with Crippen molar-refractivity contribution in [1.29, 1.82) is 0 Å². The first-order valence-corrected chi connectivity index (χ1v) is 7.54. The smallest absolute Gasteiger partial charge is 0.334 e. The fourth-order valence-corrected chi connectivity index (χ4v) is 2.36. The molecule has 24 heavy (non-hydrogen) atoms. The summed E-state index contributed by atoms with van der Waals surface area (Å²) >= 11 is 0. The molecule has 1 aromatic carbocycles. The van der Waals surface area contributed by atoms with Gasteiger partial charge in [-0.05, 0) is 18.1 Å². The number of carbonyl (C=O) groups is 2. The third-order valence-corrected chi connectivity index (χ3v) is 3.65. The van der Waals surface area contributed by atoms with Gasteiger partial charge in [0.15, 0.2) is 23.8 Å². The second-order valence-electron chi connectivity index (χ2n) is 5.84. The molecular weight excluding hydrogens is 324 g/mol. The Morgan fingerprint density at radius 3 is 2.67 bits per heavy atom. The predicted octanol–water partition coefficient (Wildman–Crippen LogP) is 1.68. The Morgan fingerprint density at radius 2 is 2.08 bits per heavy atom. The standard InChI is InChI=1S/C16H19F2NO5/c1-9(2)14(24-12-4-3-10(17)7-11(12)18)15(20)19-5-6-23-13(8-19)16(21)22/h3-4,7,9,13-14H,5-6,8H2,1-2H3,(H,21,22). The normalized spacial score (nSPS) is 19.2. The van der Waals surface area contributed by atoms with Gasteiger partial charge < -0.3 is 19.5 Å². The third kappa shape index (κ3) is 4.19. The summed E-state index contributed by atoms with van der Waals surface area (Å²) in [6.45, 7) is 3.66. The summed E-state index contributed by atoms with van der Waals surface area (Å²) in [6.07, 6.45) is -2.12. The zero-order chi connectivity index (χ0) is 17.9. The van der Waals surface area contributed by atoms with Crippen LogP contribution in [0.15, 0.2) is 18.2 Å². The largest absolute Gasteiger partial charge is 0.479 e. The highest BCUT2D eigenvalue weighted by Gasteiger charge is 2.35. The Labute approximate surface area is 138 Å². The molecule has 1 N–H and O–H groups in total. The van der Waals surface area contributed by atoms with Crippen LogP contribution < -0.4 is 4.74 Å². The van der Waals surface area contributed by atoms with E-state index in [1.165, 1.54) is 4.90 Å². The van der Waals surface area contributed by atoms with Crippen LogP contribution in [0, 0.1) is 17.6 Å². The van der Waals surface area contributed by atoms with Crippen LogP contribution in [0.2, 0.25) is 0 Å². The van der Waals surface area contributed by atoms with Gasteiger partial charge in [0.25, 0.3) is 5.91 Å². The zero-order valence-electron chi connectivity index (χ0n) is 13.4. The van der Waals surface area contributed by atoms with Crippen LogP contribution in [0.5, 0.6) is 5.75 Å². The molecule has 0 aromatic heterocycles. The van der Waals surface area contributed by atoms with Gasteiger partial charge in [-0.3, -0.25) is 4.79 Å². The van der Waals surface area contributed by atoms with E-state index in [9.17, 15) is 18.4 Å². The van der Waals surface area contributed by atoms with Crippen molar-refractivity contribution in [2.24, 2.45) is 5.92 Å². The number of rotatable bonds is 5. The lowest BCUT2D eigenvalue weighted by Gasteiger charge is -2.34. The molecule has 0 bridgehead atoms. The molecular formula is C16H19F2NO5. The number of morpholine rings is 1. The molecule has 1 heterocycles. The van der Waals surface area contributed by atoms with Crippen LogP contribution in [0.3, 0.4) is 0 Å². The molecule has 6 nitrogen and oxygen atoms in total. The van der Waals surface area contributed by atoms with Crippen LogP contribution in [-0.2, 0) is 14.3 Å². The second kappa shape index (κ2) is 7.57. The molecule has 1 saturated heterocycles. The summed E-state index contributed by atoms with van der Waals surface area (Å²) in [4.78, 5) is 25.0. The molecule has 1 aliphatic heterocycles. The van der Waals surface area contributed by atoms with Gasteiger partial charge in [-0.25, -0.2) is 13.6 Å². The van der Waals surface area contributed by atoms with E-state index in [2.05, 4.69) is 0 Å². The molecule has 1 fully saturated rings. The van der Waals surface area contributed by atoms with Gasteiger partial charge in [0.05, 0.1) is 13.2 Å². The topological polar surface area (TPSA) is 76.1 Å². The highest BCUT2D eigenvalue weighted by molar-refractivity contribution is 5.83. The van der Waals surface area contributed by atoms with Crippen LogP contribution >= 0.6 is 0 Å². The van der Waals surface area contributed by atoms with E-state index in [1.54, 1.807) is 13.8 Å². The third-order valence-electron chi connectivity index (χ3n) is 3.65. The predicted molar refractivity (Wildman–Crippen MR) is 79.6 cm³/mol. The Balaban J connectivity index is 2.14. The summed E-state index contributed by atoms with van der Waals surface area (Å²) in [5.74, 6) is -3.79. The molecule has 2 unspecified atom stereocenters. The number of carbonyl (C=O) groups excluding carboxylic acids is 1. The Morgan fingerprint density at radius 1 is 1.38 bits per heavy atom. The molecule has 0 spiro atoms. The molecule has 0 aliphatic carbocycles. The number of carboxylic acids is 1. The number of aliphatic carboxylic acids is 1. The molecule has 1 aromatic rings. The summed E-state index contributed by atoms with van der Waals surface area (Å²) < 4.78 is 37.3. The van der Waals surface area contributed by atoms with E-state index < -0.39 is 35.7 Å². The number of hydrogen-bond donors (Lipinski definition) is 1. The van der Waals surface area contributed by atoms with Gasteiger partial charge in [-0.15, -0.1) is 0 Å². The lowest BCUT2D eigenvalue weighted by molar-refractivity contribution is -0.162. The highest BCUT2D eigenvalue weighted by Crippen LogP contribution is 2.23. The first-order valence-electron chi connectivity index (χ1n) is 7.54. The van der Waals surface area contributed by atoms with E-state index in [0.717, 1.165) is 12.1 Å². The molecule has 2 rings (SSSR count). The second-order valence-corrected chi connectivity index (χ2v) is 5.84. The van der Waals surface area contributed by atoms with E-state index in [0.29, 0.717) is 6.07 Å². The first kappa shape index (κ1) is 18.1. The summed E-state index contributed by atoms with van der Waals surface area (Å²) in [5.41, 5.74) is 0. The van der Waals surface area contributed by atoms with E-state index in [1.807, 2.05) is 0 Å². The maximum Gasteiger partial charge on any atom is 0.334 e. The first-order chi connectivity index (χ1) is 11.3. The maximum absolute atomic E-state index is 13.8. The fourth-order valence-electron chi connectivity index (χ4n) is 2.36. The number of hydrogen-bond acceptors (Lipinski definition) is 4. The van der Waals surface area contributed by atoms with Crippen LogP contribution in [0.1, 0.15) is 13.8 Å². The minimum Gasteiger partial charge on any atom is -0.479 e. The molecule has 0 saturated carbocycles. The molecule has 2 atom stereocenters. The SMILES string of the molecule is CC(C)C(Oc1ccc(F)cc1F)C(=O)N1CCOC(C(=O)O)C1. The van der Waals surface area contributed by atoms with Crippen molar-refractivity contribution in [1.82, 2.24) is 4.90 Å². The number of nitrogens with zero attached hydrogens (tertiary/aromatic N) is 1. The van der Waals surface area contributed by atoms with Crippen LogP contribution in [-0.4, -0.2) is 53.8 Å². The summed E-state index contributed by atoms with van der Waals surface area (Å²) in [7, 11) is 0. The number of ether oxygens (including phenoxy) is 2. The van der Waals surface area contributed by atoms with E-state index in [4.69, 9.17) is 14.6 Å². The monoisotopic (exact) mass is 343 g/mol. The van der Waals surface area contributed by atoms with Crippen molar-refractivity contribution >= 4 is 11.9 Å². The van der Waals surface area contributed by atoms with Gasteiger partial charge in [-0.1, -0.05) is 13.8 Å². The van der Waals surface area contributed by atoms with Crippen molar-refractivity contribution < 1.29 is 33.0 Å². The lowest BCUT2D eigenvalue weighted by Crippen LogP contribution is -2.53. The van der Waals surface area contributed by atoms with Crippen molar-refractivity contribution in [3.8, 4) is 5.75 Å². The zero-order valence-corrected chi connectivity index (χ0v) is 13.4. The minimum atomic E-state index is -1.15. The van der Waals surface area contributed by atoms with Crippen molar-refractivity contribution in [3.05, 3.63) is 29.8 Å². The number of benzene rings is 1. The average molecular weight is 343 g/mol. The van der Waals surface area contributed by atoms with E-state index >= 15 is 0 Å². The van der Waals surface area contributed by atoms with Crippen molar-refractivity contribution in [2.75, 3.05) is 19.7 Å². The Bertz CT molecular complexity index is 622. The Hall–Kier alpha value is -2.22. The quantitative estimate of drug-likeness (QED) is 0.880. The maximum atomic E-state index is 13.8. The van der Waals surface area contributed by atoms with Crippen LogP contribution in [0.4, 0.5) is 8.78 Å². The summed E-state index contributed by atoms with van der Waals surface area (Å²) in [5, 5.41) is 9.00. The number of amides is 1.